The van der Waals surface area contributed by atoms with Crippen LogP contribution < -0.4 is 0 Å². The Morgan fingerprint density at radius 3 is 1.25 bits per heavy atom. The summed E-state index contributed by atoms with van der Waals surface area (Å²) in [6, 6.07) is 0. The number of hydrogen-bond acceptors (Lipinski definition) is 1. The fourth-order valence-corrected chi connectivity index (χ4v) is 0. The second-order valence-corrected chi connectivity index (χ2v) is 0. The van der Waals surface area contributed by atoms with Gasteiger partial charge >= 0.3 is 45.7 Å². The molecule has 0 aliphatic carbocycles. The topological polar surface area (TPSA) is 17.1 Å². The molecule has 0 spiro atoms. The van der Waals surface area contributed by atoms with Crippen molar-refractivity contribution in [2.45, 2.75) is 0 Å². The molecule has 1 radical (unpaired) electrons. The van der Waals surface area contributed by atoms with Gasteiger partial charge in [0.25, 0.3) is 0 Å². The van der Waals surface area contributed by atoms with Gasteiger partial charge in [0.15, 0.2) is 0 Å². The van der Waals surface area contributed by atoms with Gasteiger partial charge in [-0.1, -0.05) is 0 Å². The normalized spacial score (nSPS) is 1.50. The van der Waals surface area contributed by atoms with Crippen LogP contribution in [0.4, 0.5) is 0 Å². The van der Waals surface area contributed by atoms with Gasteiger partial charge in [-0.2, -0.15) is 0 Å². The molecule has 4 heteroatoms. The van der Waals surface area contributed by atoms with E-state index >= 15 is 0 Å². The van der Waals surface area contributed by atoms with Crippen LogP contribution in [0, 0.1) is 0 Å². The summed E-state index contributed by atoms with van der Waals surface area (Å²) < 4.78 is 8.38. The maximum absolute atomic E-state index is 8.38. The molecule has 4 heavy (non-hydrogen) atoms. The van der Waals surface area contributed by atoms with Crippen LogP contribution in [0.5, 0.6) is 0 Å². The van der Waals surface area contributed by atoms with E-state index in [0.717, 1.165) is 0 Å². The van der Waals surface area contributed by atoms with E-state index in [4.69, 9.17) is 3.57 Å². The zero-order valence-corrected chi connectivity index (χ0v) is 5.87. The molecule has 0 saturated heterocycles. The molecule has 0 bridgehead atoms. The molecule has 0 aliphatic heterocycles. The second kappa shape index (κ2) is 20.2. The first-order valence-electron chi connectivity index (χ1n) is 0.289. The van der Waals surface area contributed by atoms with Crippen molar-refractivity contribution in [3.63, 3.8) is 0 Å². The third kappa shape index (κ3) is 9.03. The van der Waals surface area contributed by atoms with Crippen LogP contribution in [0.15, 0.2) is 0 Å². The van der Waals surface area contributed by atoms with E-state index in [2.05, 4.69) is 0 Å². The molecular formula is H4AgOSnZn. The average Bonchev–Trinajstić information content (AvgIpc) is 1.00. The van der Waals surface area contributed by atoms with Gasteiger partial charge in [-0.15, -0.1) is 0 Å². The quantitative estimate of drug-likeness (QED) is 0.494. The summed E-state index contributed by atoms with van der Waals surface area (Å²) in [7, 11) is 0. The summed E-state index contributed by atoms with van der Waals surface area (Å²) in [5, 5.41) is 0. The molecule has 0 aromatic carbocycles. The van der Waals surface area contributed by atoms with Crippen LogP contribution in [-0.4, -0.2) is 23.9 Å². The summed E-state index contributed by atoms with van der Waals surface area (Å²) in [5.41, 5.74) is 0. The van der Waals surface area contributed by atoms with E-state index in [9.17, 15) is 0 Å². The molecule has 0 aliphatic rings. The predicted octanol–water partition coefficient (Wildman–Crippen LogP) is -1.58. The van der Waals surface area contributed by atoms with E-state index in [0.29, 0.717) is 0 Å². The molecule has 0 unspecified atom stereocenters. The Kier molecular flexibility index (Phi) is 84.6. The first-order valence-corrected chi connectivity index (χ1v) is 1.50. The third-order valence-electron chi connectivity index (χ3n) is 0. The molecular weight excluding hydrogens is 308 g/mol. The van der Waals surface area contributed by atoms with Gasteiger partial charge in [0.2, 0.25) is 0 Å². The van der Waals surface area contributed by atoms with Gasteiger partial charge in [-0.05, 0) is 0 Å². The van der Waals surface area contributed by atoms with E-state index < -0.39 is 0 Å². The van der Waals surface area contributed by atoms with Gasteiger partial charge in [0.1, 0.15) is 0 Å². The third-order valence-corrected chi connectivity index (χ3v) is 0. The van der Waals surface area contributed by atoms with Crippen LogP contribution in [0.1, 0.15) is 0 Å². The average molecular weight is 312 g/mol. The van der Waals surface area contributed by atoms with E-state index in [1.807, 2.05) is 0 Å². The van der Waals surface area contributed by atoms with Crippen LogP contribution in [0.3, 0.4) is 0 Å². The van der Waals surface area contributed by atoms with Gasteiger partial charge in [0, 0.05) is 22.4 Å². The maximum atomic E-state index is 8.38. The van der Waals surface area contributed by atoms with Crippen molar-refractivity contribution in [1.82, 2.24) is 0 Å². The Morgan fingerprint density at radius 2 is 1.25 bits per heavy atom. The molecule has 0 aromatic rings. The Labute approximate surface area is 67.3 Å². The van der Waals surface area contributed by atoms with Crippen molar-refractivity contribution in [1.29, 1.82) is 0 Å². The van der Waals surface area contributed by atoms with Crippen molar-refractivity contribution in [3.05, 3.63) is 0 Å². The monoisotopic (exact) mass is 311 g/mol. The zero-order chi connectivity index (χ0) is 2.00. The van der Waals surface area contributed by atoms with Crippen molar-refractivity contribution in [3.8, 4) is 0 Å². The second-order valence-electron chi connectivity index (χ2n) is 0. The van der Waals surface area contributed by atoms with Crippen molar-refractivity contribution < 1.29 is 44.2 Å². The van der Waals surface area contributed by atoms with Gasteiger partial charge < -0.3 is 0 Å². The first-order chi connectivity index (χ1) is 1.00. The van der Waals surface area contributed by atoms with Crippen LogP contribution in [0.25, 0.3) is 0 Å². The number of rotatable bonds is 0. The fraction of sp³-hybridized carbons (Fsp3) is 0. The van der Waals surface area contributed by atoms with Gasteiger partial charge in [-0.3, -0.25) is 0 Å². The van der Waals surface area contributed by atoms with Crippen molar-refractivity contribution >= 4 is 23.9 Å². The summed E-state index contributed by atoms with van der Waals surface area (Å²) in [6.07, 6.45) is 0. The van der Waals surface area contributed by atoms with E-state index in [1.54, 1.807) is 0 Å². The molecule has 0 rings (SSSR count). The fourth-order valence-electron chi connectivity index (χ4n) is 0. The Hall–Kier alpha value is 1.96. The predicted molar refractivity (Wildman–Crippen MR) is 12.0 cm³/mol. The molecule has 0 aromatic heterocycles. The van der Waals surface area contributed by atoms with Crippen molar-refractivity contribution in [2.75, 3.05) is 0 Å². The minimum absolute atomic E-state index is 0. The molecule has 0 N–H and O–H groups in total. The summed E-state index contributed by atoms with van der Waals surface area (Å²) in [6.45, 7) is 0. The van der Waals surface area contributed by atoms with Crippen LogP contribution >= 0.6 is 0 Å². The summed E-state index contributed by atoms with van der Waals surface area (Å²) in [4.78, 5) is 0. The Morgan fingerprint density at radius 1 is 1.25 bits per heavy atom. The molecule has 0 heterocycles. The zero-order valence-electron chi connectivity index (χ0n) is 1.42. The molecule has 0 fully saturated rings. The molecule has 0 atom stereocenters. The Balaban J connectivity index is -0.00000000500. The minimum atomic E-state index is 0. The van der Waals surface area contributed by atoms with Gasteiger partial charge in [-0.25, -0.2) is 0 Å². The molecule has 0 amide bonds. The van der Waals surface area contributed by atoms with Gasteiger partial charge in [0.05, 0.1) is 0 Å². The van der Waals surface area contributed by atoms with E-state index in [1.165, 1.54) is 0 Å². The Bertz CT molecular complexity index is 8.00. The SMILES string of the molecule is [Ag].[O]=[Zn].[SnH4]. The molecule has 0 saturated carbocycles. The molecule has 27 valence electrons. The standard InChI is InChI=1S/Ag.O.Sn.Zn.4H. The van der Waals surface area contributed by atoms with Crippen LogP contribution in [0.2, 0.25) is 0 Å². The first kappa shape index (κ1) is 16.7. The summed E-state index contributed by atoms with van der Waals surface area (Å²) >= 11 is 0.125. The number of hydrogen-bond donors (Lipinski definition) is 0. The summed E-state index contributed by atoms with van der Waals surface area (Å²) in [5.74, 6) is 0. The van der Waals surface area contributed by atoms with Crippen molar-refractivity contribution in [2.24, 2.45) is 0 Å². The van der Waals surface area contributed by atoms with E-state index in [-0.39, 0.29) is 64.5 Å². The van der Waals surface area contributed by atoms with Crippen LogP contribution in [-0.2, 0) is 44.2 Å². The molecule has 1 nitrogen and oxygen atoms in total.